The highest BCUT2D eigenvalue weighted by atomic mass is 32.1. The van der Waals surface area contributed by atoms with Crippen LogP contribution >= 0.6 is 11.3 Å². The Balaban J connectivity index is 1.46. The van der Waals surface area contributed by atoms with Crippen molar-refractivity contribution in [3.05, 3.63) is 52.7 Å². The van der Waals surface area contributed by atoms with Gasteiger partial charge in [-0.15, -0.1) is 11.3 Å². The Kier molecular flexibility index (Phi) is 5.16. The molecule has 1 amide bonds. The largest absolute Gasteiger partial charge is 0.383 e. The molecule has 1 aliphatic rings. The van der Waals surface area contributed by atoms with Crippen LogP contribution in [0.15, 0.2) is 36.5 Å². The van der Waals surface area contributed by atoms with Gasteiger partial charge < -0.3 is 19.9 Å². The minimum atomic E-state index is 0.0772. The molecule has 1 saturated heterocycles. The summed E-state index contributed by atoms with van der Waals surface area (Å²) in [4.78, 5) is 23.8. The number of hydrogen-bond acceptors (Lipinski definition) is 5. The lowest BCUT2D eigenvalue weighted by molar-refractivity contribution is 0.0635. The average molecular weight is 435 g/mol. The highest BCUT2D eigenvalue weighted by Crippen LogP contribution is 2.35. The van der Waals surface area contributed by atoms with Gasteiger partial charge in [-0.05, 0) is 62.6 Å². The number of H-pyrrole nitrogens is 1. The molecule has 0 saturated carbocycles. The lowest BCUT2D eigenvalue weighted by atomic mass is 10.1. The van der Waals surface area contributed by atoms with Crippen molar-refractivity contribution in [2.24, 2.45) is 0 Å². The van der Waals surface area contributed by atoms with Crippen molar-refractivity contribution in [2.75, 3.05) is 25.6 Å². The van der Waals surface area contributed by atoms with Gasteiger partial charge in [-0.25, -0.2) is 0 Å². The van der Waals surface area contributed by atoms with Gasteiger partial charge >= 0.3 is 0 Å². The molecule has 0 unspecified atom stereocenters. The Morgan fingerprint density at radius 1 is 1.32 bits per heavy atom. The number of hydrogen-bond donors (Lipinski definition) is 2. The van der Waals surface area contributed by atoms with Gasteiger partial charge in [-0.3, -0.25) is 9.78 Å². The topological polar surface area (TPSA) is 70.2 Å². The number of nitrogens with one attached hydrogen (secondary N) is 2. The van der Waals surface area contributed by atoms with E-state index in [0.29, 0.717) is 6.61 Å². The van der Waals surface area contributed by atoms with E-state index in [1.165, 1.54) is 28.0 Å². The fraction of sp³-hybridized carbons (Fsp3) is 0.333. The Morgan fingerprint density at radius 3 is 3.03 bits per heavy atom. The summed E-state index contributed by atoms with van der Waals surface area (Å²) in [7, 11) is 1.69. The van der Waals surface area contributed by atoms with Crippen molar-refractivity contribution in [1.82, 2.24) is 14.9 Å². The van der Waals surface area contributed by atoms with E-state index in [1.807, 2.05) is 17.0 Å². The van der Waals surface area contributed by atoms with E-state index in [0.717, 1.165) is 51.4 Å². The van der Waals surface area contributed by atoms with Crippen LogP contribution in [0.2, 0.25) is 0 Å². The Hall–Kier alpha value is -2.90. The van der Waals surface area contributed by atoms with Crippen LogP contribution < -0.4 is 5.32 Å². The summed E-state index contributed by atoms with van der Waals surface area (Å²) >= 11 is 1.51. The first-order valence-corrected chi connectivity index (χ1v) is 11.4. The number of carbonyl (C=O) groups is 1. The third-order valence-electron chi connectivity index (χ3n) is 6.21. The predicted octanol–water partition coefficient (Wildman–Crippen LogP) is 5.39. The van der Waals surface area contributed by atoms with Gasteiger partial charge in [0.1, 0.15) is 0 Å². The van der Waals surface area contributed by atoms with Crippen LogP contribution in [-0.4, -0.2) is 47.1 Å². The molecule has 4 heterocycles. The molecule has 2 N–H and O–H groups in total. The van der Waals surface area contributed by atoms with Gasteiger partial charge in [0.05, 0.1) is 33.4 Å². The van der Waals surface area contributed by atoms with E-state index in [-0.39, 0.29) is 11.9 Å². The molecule has 6 nitrogen and oxygen atoms in total. The smallest absolute Gasteiger partial charge is 0.264 e. The Bertz CT molecular complexity index is 1280. The van der Waals surface area contributed by atoms with Crippen molar-refractivity contribution in [1.29, 1.82) is 0 Å². The molecule has 1 atom stereocenters. The molecule has 1 fully saturated rings. The number of thiophene rings is 1. The lowest BCUT2D eigenvalue weighted by Crippen LogP contribution is -2.37. The normalized spacial score (nSPS) is 16.5. The van der Waals surface area contributed by atoms with Crippen molar-refractivity contribution in [3.63, 3.8) is 0 Å². The van der Waals surface area contributed by atoms with Crippen molar-refractivity contribution in [2.45, 2.75) is 32.7 Å². The second-order valence-corrected chi connectivity index (χ2v) is 9.25. The molecule has 1 aromatic carbocycles. The number of methoxy groups -OCH3 is 1. The summed E-state index contributed by atoms with van der Waals surface area (Å²) in [5.74, 6) is 0.0772. The zero-order chi connectivity index (χ0) is 21.5. The fourth-order valence-electron chi connectivity index (χ4n) is 4.45. The number of aromatic nitrogens is 2. The third-order valence-corrected chi connectivity index (χ3v) is 7.35. The monoisotopic (exact) mass is 434 g/mol. The number of rotatable bonds is 5. The molecule has 0 spiro atoms. The molecule has 160 valence electrons. The quantitative estimate of drug-likeness (QED) is 0.442. The van der Waals surface area contributed by atoms with Crippen LogP contribution in [0.3, 0.4) is 0 Å². The summed E-state index contributed by atoms with van der Waals surface area (Å²) in [5, 5.41) is 4.75. The van der Waals surface area contributed by atoms with Gasteiger partial charge in [0.2, 0.25) is 0 Å². The van der Waals surface area contributed by atoms with Gasteiger partial charge in [0, 0.05) is 42.1 Å². The maximum absolute atomic E-state index is 13.2. The third kappa shape index (κ3) is 3.58. The molecule has 7 heteroatoms. The van der Waals surface area contributed by atoms with Crippen LogP contribution in [-0.2, 0) is 4.74 Å². The molecule has 0 aliphatic carbocycles. The minimum absolute atomic E-state index is 0.0772. The number of anilines is 2. The van der Waals surface area contributed by atoms with E-state index >= 15 is 0 Å². The van der Waals surface area contributed by atoms with Gasteiger partial charge in [-0.1, -0.05) is 0 Å². The summed E-state index contributed by atoms with van der Waals surface area (Å²) in [5.41, 5.74) is 6.42. The second-order valence-electron chi connectivity index (χ2n) is 8.19. The van der Waals surface area contributed by atoms with Gasteiger partial charge in [-0.2, -0.15) is 0 Å². The van der Waals surface area contributed by atoms with Crippen LogP contribution in [0.4, 0.5) is 11.4 Å². The highest BCUT2D eigenvalue weighted by Gasteiger charge is 2.30. The number of pyridine rings is 1. The minimum Gasteiger partial charge on any atom is -0.383 e. The van der Waals surface area contributed by atoms with E-state index in [9.17, 15) is 4.79 Å². The molecule has 0 radical (unpaired) electrons. The molecular formula is C24H26N4O2S. The van der Waals surface area contributed by atoms with Crippen molar-refractivity contribution >= 4 is 49.7 Å². The second kappa shape index (κ2) is 7.98. The number of fused-ring (bicyclic) bond motifs is 2. The summed E-state index contributed by atoms with van der Waals surface area (Å²) < 4.78 is 6.31. The fourth-order valence-corrected chi connectivity index (χ4v) is 5.49. The highest BCUT2D eigenvalue weighted by molar-refractivity contribution is 7.21. The first-order chi connectivity index (χ1) is 15.0. The summed E-state index contributed by atoms with van der Waals surface area (Å²) in [6, 6.07) is 10.4. The van der Waals surface area contributed by atoms with Crippen LogP contribution in [0.1, 0.15) is 33.8 Å². The Morgan fingerprint density at radius 2 is 2.19 bits per heavy atom. The molecule has 31 heavy (non-hydrogen) atoms. The van der Waals surface area contributed by atoms with Gasteiger partial charge in [0.25, 0.3) is 5.91 Å². The number of nitrogens with zero attached hydrogens (tertiary/aromatic N) is 2. The number of ether oxygens (including phenoxy) is 1. The predicted molar refractivity (Wildman–Crippen MR) is 127 cm³/mol. The molecule has 3 aromatic heterocycles. The Labute approximate surface area is 185 Å². The summed E-state index contributed by atoms with van der Waals surface area (Å²) in [6.07, 6.45) is 3.81. The first kappa shape index (κ1) is 20.0. The lowest BCUT2D eigenvalue weighted by Gasteiger charge is -2.23. The maximum atomic E-state index is 13.2. The van der Waals surface area contributed by atoms with Crippen molar-refractivity contribution in [3.8, 4) is 0 Å². The SMILES string of the molecule is COC[C@H]1CCCN1C(=O)c1cc2nccc(Nc3ccc4[nH]c(C)c(C)c4c3)c2s1. The van der Waals surface area contributed by atoms with E-state index < -0.39 is 0 Å². The number of amides is 1. The number of likely N-dealkylation sites (tertiary alicyclic amines) is 1. The zero-order valence-electron chi connectivity index (χ0n) is 18.0. The number of carbonyl (C=O) groups excluding carboxylic acids is 1. The number of aryl methyl sites for hydroxylation is 2. The van der Waals surface area contributed by atoms with Gasteiger partial charge in [0.15, 0.2) is 0 Å². The van der Waals surface area contributed by atoms with E-state index in [2.05, 4.69) is 47.3 Å². The number of aromatic amines is 1. The molecule has 1 aliphatic heterocycles. The zero-order valence-corrected chi connectivity index (χ0v) is 18.8. The summed E-state index contributed by atoms with van der Waals surface area (Å²) in [6.45, 7) is 5.60. The standard InChI is InChI=1S/C24H26N4O2S/c1-14-15(2)26-19-7-6-16(11-18(14)19)27-20-8-9-25-21-12-22(31-23(20)21)24(29)28-10-4-5-17(28)13-30-3/h6-9,11-12,17,26H,4-5,10,13H2,1-3H3,(H,25,27)/t17-/m1/s1. The molecular weight excluding hydrogens is 408 g/mol. The van der Waals surface area contributed by atoms with E-state index in [1.54, 1.807) is 13.3 Å². The van der Waals surface area contributed by atoms with Crippen LogP contribution in [0.5, 0.6) is 0 Å². The first-order valence-electron chi connectivity index (χ1n) is 10.6. The average Bonchev–Trinajstić information content (AvgIpc) is 3.47. The molecule has 0 bridgehead atoms. The number of benzene rings is 1. The van der Waals surface area contributed by atoms with Crippen molar-refractivity contribution < 1.29 is 9.53 Å². The van der Waals surface area contributed by atoms with Crippen LogP contribution in [0, 0.1) is 13.8 Å². The molecule has 4 aromatic rings. The van der Waals surface area contributed by atoms with Crippen LogP contribution in [0.25, 0.3) is 21.1 Å². The maximum Gasteiger partial charge on any atom is 0.264 e. The van der Waals surface area contributed by atoms with E-state index in [4.69, 9.17) is 4.74 Å². The molecule has 5 rings (SSSR count).